The quantitative estimate of drug-likeness (QED) is 0.852. The van der Waals surface area contributed by atoms with Crippen LogP contribution in [-0.2, 0) is 11.2 Å². The van der Waals surface area contributed by atoms with Gasteiger partial charge in [0.1, 0.15) is 0 Å². The molecule has 1 amide bonds. The van der Waals surface area contributed by atoms with E-state index >= 15 is 0 Å². The van der Waals surface area contributed by atoms with Crippen molar-refractivity contribution in [2.75, 3.05) is 0 Å². The number of amides is 1. The number of hydrogen-bond acceptors (Lipinski definition) is 2. The minimum atomic E-state index is -0.444. The maximum Gasteiger partial charge on any atom is 0.237 e. The second-order valence-corrected chi connectivity index (χ2v) is 5.32. The van der Waals surface area contributed by atoms with Crippen LogP contribution in [-0.4, -0.2) is 18.0 Å². The first kappa shape index (κ1) is 13.1. The number of carbonyl (C=O) groups excluding carboxylic acids is 1. The monoisotopic (exact) mass is 246 g/mol. The minimum Gasteiger partial charge on any atom is -0.352 e. The Morgan fingerprint density at radius 1 is 1.39 bits per heavy atom. The van der Waals surface area contributed by atoms with Crippen LogP contribution < -0.4 is 11.1 Å². The van der Waals surface area contributed by atoms with Crippen LogP contribution in [0.1, 0.15) is 31.7 Å². The van der Waals surface area contributed by atoms with Gasteiger partial charge in [-0.1, -0.05) is 43.7 Å². The molecular formula is C15H22N2O. The third kappa shape index (κ3) is 3.33. The fraction of sp³-hybridized carbons (Fsp3) is 0.533. The summed E-state index contributed by atoms with van der Waals surface area (Å²) in [6, 6.07) is 9.80. The van der Waals surface area contributed by atoms with Gasteiger partial charge in [0.15, 0.2) is 0 Å². The van der Waals surface area contributed by atoms with Crippen LogP contribution >= 0.6 is 0 Å². The van der Waals surface area contributed by atoms with E-state index in [1.165, 1.54) is 12.8 Å². The molecule has 0 saturated heterocycles. The molecule has 2 unspecified atom stereocenters. The molecule has 0 spiro atoms. The van der Waals surface area contributed by atoms with Crippen LogP contribution in [0.4, 0.5) is 0 Å². The summed E-state index contributed by atoms with van der Waals surface area (Å²) in [5.74, 6) is 0.565. The van der Waals surface area contributed by atoms with Crippen molar-refractivity contribution in [2.24, 2.45) is 11.7 Å². The Morgan fingerprint density at radius 2 is 2.11 bits per heavy atom. The van der Waals surface area contributed by atoms with Gasteiger partial charge in [0.2, 0.25) is 5.91 Å². The molecule has 18 heavy (non-hydrogen) atoms. The third-order valence-corrected chi connectivity index (χ3v) is 3.82. The van der Waals surface area contributed by atoms with Gasteiger partial charge in [0.05, 0.1) is 6.04 Å². The summed E-state index contributed by atoms with van der Waals surface area (Å²) >= 11 is 0. The average molecular weight is 246 g/mol. The Morgan fingerprint density at radius 3 is 2.72 bits per heavy atom. The third-order valence-electron chi connectivity index (χ3n) is 3.82. The van der Waals surface area contributed by atoms with Crippen molar-refractivity contribution in [3.63, 3.8) is 0 Å². The molecule has 3 N–H and O–H groups in total. The van der Waals surface area contributed by atoms with E-state index in [4.69, 9.17) is 5.73 Å². The van der Waals surface area contributed by atoms with E-state index in [0.29, 0.717) is 18.4 Å². The normalized spacial score (nSPS) is 24.8. The van der Waals surface area contributed by atoms with Gasteiger partial charge in [0.25, 0.3) is 0 Å². The van der Waals surface area contributed by atoms with Gasteiger partial charge in [-0.3, -0.25) is 4.79 Å². The molecule has 0 heterocycles. The lowest BCUT2D eigenvalue weighted by Crippen LogP contribution is -2.47. The van der Waals surface area contributed by atoms with Crippen molar-refractivity contribution in [1.29, 1.82) is 0 Å². The molecule has 0 radical (unpaired) electrons. The molecule has 1 fully saturated rings. The molecule has 0 aliphatic heterocycles. The summed E-state index contributed by atoms with van der Waals surface area (Å²) in [6.45, 7) is 2.20. The number of hydrogen-bond donors (Lipinski definition) is 2. The lowest BCUT2D eigenvalue weighted by molar-refractivity contribution is -0.123. The van der Waals surface area contributed by atoms with Crippen molar-refractivity contribution in [3.8, 4) is 0 Å². The van der Waals surface area contributed by atoms with Gasteiger partial charge < -0.3 is 11.1 Å². The number of benzene rings is 1. The minimum absolute atomic E-state index is 0.0161. The Bertz CT molecular complexity index is 391. The topological polar surface area (TPSA) is 55.1 Å². The first-order chi connectivity index (χ1) is 8.66. The van der Waals surface area contributed by atoms with Gasteiger partial charge in [-0.05, 0) is 30.7 Å². The summed E-state index contributed by atoms with van der Waals surface area (Å²) in [4.78, 5) is 12.0. The molecule has 1 aliphatic carbocycles. The molecule has 0 aromatic heterocycles. The smallest absolute Gasteiger partial charge is 0.237 e. The highest BCUT2D eigenvalue weighted by atomic mass is 16.2. The second-order valence-electron chi connectivity index (χ2n) is 5.32. The van der Waals surface area contributed by atoms with Crippen LogP contribution in [0.15, 0.2) is 30.3 Å². The lowest BCUT2D eigenvalue weighted by atomic mass is 10.0. The Labute approximate surface area is 109 Å². The summed E-state index contributed by atoms with van der Waals surface area (Å²) in [7, 11) is 0. The first-order valence-electron chi connectivity index (χ1n) is 6.76. The fourth-order valence-corrected chi connectivity index (χ4v) is 2.61. The summed E-state index contributed by atoms with van der Waals surface area (Å²) < 4.78 is 0. The van der Waals surface area contributed by atoms with E-state index in [1.807, 2.05) is 30.3 Å². The number of nitrogens with two attached hydrogens (primary N) is 1. The molecule has 0 bridgehead atoms. The predicted molar refractivity (Wildman–Crippen MR) is 73.1 cm³/mol. The van der Waals surface area contributed by atoms with Gasteiger partial charge in [0, 0.05) is 6.04 Å². The number of carbonyl (C=O) groups is 1. The van der Waals surface area contributed by atoms with Crippen LogP contribution in [0.2, 0.25) is 0 Å². The van der Waals surface area contributed by atoms with E-state index in [1.54, 1.807) is 0 Å². The van der Waals surface area contributed by atoms with Gasteiger partial charge in [-0.15, -0.1) is 0 Å². The molecule has 3 nitrogen and oxygen atoms in total. The standard InChI is InChI=1S/C15H22N2O/c1-11-6-5-9-14(11)17-15(18)13(16)10-12-7-3-2-4-8-12/h2-4,7-8,11,13-14H,5-6,9-10,16H2,1H3,(H,17,18)/t11?,13-,14?/m0/s1. The zero-order valence-corrected chi connectivity index (χ0v) is 10.9. The van der Waals surface area contributed by atoms with Gasteiger partial charge >= 0.3 is 0 Å². The molecular weight excluding hydrogens is 224 g/mol. The Kier molecular flexibility index (Phi) is 4.37. The summed E-state index contributed by atoms with van der Waals surface area (Å²) in [5.41, 5.74) is 7.07. The Balaban J connectivity index is 1.85. The molecule has 3 heteroatoms. The molecule has 98 valence electrons. The zero-order valence-electron chi connectivity index (χ0n) is 10.9. The molecule has 1 saturated carbocycles. The van der Waals surface area contributed by atoms with E-state index in [-0.39, 0.29) is 5.91 Å². The molecule has 1 aliphatic rings. The molecule has 2 rings (SSSR count). The molecule has 1 aromatic rings. The van der Waals surface area contributed by atoms with Gasteiger partial charge in [-0.2, -0.15) is 0 Å². The first-order valence-corrected chi connectivity index (χ1v) is 6.76. The van der Waals surface area contributed by atoms with Crippen molar-refractivity contribution >= 4 is 5.91 Å². The summed E-state index contributed by atoms with van der Waals surface area (Å²) in [6.07, 6.45) is 4.11. The molecule has 3 atom stereocenters. The highest BCUT2D eigenvalue weighted by Crippen LogP contribution is 2.24. The van der Waals surface area contributed by atoms with Crippen LogP contribution in [0, 0.1) is 5.92 Å². The summed E-state index contributed by atoms with van der Waals surface area (Å²) in [5, 5.41) is 3.08. The van der Waals surface area contributed by atoms with Crippen molar-refractivity contribution in [1.82, 2.24) is 5.32 Å². The maximum absolute atomic E-state index is 12.0. The largest absolute Gasteiger partial charge is 0.352 e. The van der Waals surface area contributed by atoms with Gasteiger partial charge in [-0.25, -0.2) is 0 Å². The molecule has 1 aromatic carbocycles. The van der Waals surface area contributed by atoms with Crippen LogP contribution in [0.25, 0.3) is 0 Å². The van der Waals surface area contributed by atoms with E-state index in [2.05, 4.69) is 12.2 Å². The second kappa shape index (κ2) is 6.01. The van der Waals surface area contributed by atoms with Crippen molar-refractivity contribution in [3.05, 3.63) is 35.9 Å². The van der Waals surface area contributed by atoms with Crippen molar-refractivity contribution in [2.45, 2.75) is 44.7 Å². The van der Waals surface area contributed by atoms with Crippen LogP contribution in [0.5, 0.6) is 0 Å². The van der Waals surface area contributed by atoms with E-state index in [9.17, 15) is 4.79 Å². The van der Waals surface area contributed by atoms with E-state index < -0.39 is 6.04 Å². The van der Waals surface area contributed by atoms with E-state index in [0.717, 1.165) is 12.0 Å². The predicted octanol–water partition coefficient (Wildman–Crippen LogP) is 1.86. The number of rotatable bonds is 4. The zero-order chi connectivity index (χ0) is 13.0. The number of nitrogens with one attached hydrogen (secondary N) is 1. The SMILES string of the molecule is CC1CCCC1NC(=O)[C@@H](N)Cc1ccccc1. The Hall–Kier alpha value is -1.35. The highest BCUT2D eigenvalue weighted by molar-refractivity contribution is 5.82. The fourth-order valence-electron chi connectivity index (χ4n) is 2.61. The average Bonchev–Trinajstić information content (AvgIpc) is 2.76. The lowest BCUT2D eigenvalue weighted by Gasteiger charge is -2.20. The maximum atomic E-state index is 12.0. The van der Waals surface area contributed by atoms with Crippen LogP contribution in [0.3, 0.4) is 0 Å². The highest BCUT2D eigenvalue weighted by Gasteiger charge is 2.26. The van der Waals surface area contributed by atoms with Crippen molar-refractivity contribution < 1.29 is 4.79 Å².